The highest BCUT2D eigenvalue weighted by molar-refractivity contribution is 7.86. The third kappa shape index (κ3) is 12.1. The molecule has 0 fully saturated rings. The van der Waals surface area contributed by atoms with Crippen molar-refractivity contribution in [3.05, 3.63) is 25.3 Å². The van der Waals surface area contributed by atoms with Gasteiger partial charge in [-0.05, 0) is 0 Å². The van der Waals surface area contributed by atoms with Crippen LogP contribution in [-0.4, -0.2) is 85.7 Å². The van der Waals surface area contributed by atoms with E-state index in [0.717, 1.165) is 0 Å². The van der Waals surface area contributed by atoms with Crippen LogP contribution in [0.1, 0.15) is 0 Å². The normalized spacial score (nSPS) is 17.4. The van der Waals surface area contributed by atoms with Crippen LogP contribution in [-0.2, 0) is 34.4 Å². The molecule has 0 amide bonds. The fourth-order valence-corrected chi connectivity index (χ4v) is 2.71. The first-order valence-corrected chi connectivity index (χ1v) is 9.98. The lowest BCUT2D eigenvalue weighted by Gasteiger charge is -2.29. The number of hydrogen-bond donors (Lipinski definition) is 4. The van der Waals surface area contributed by atoms with Crippen molar-refractivity contribution < 1.29 is 50.4 Å². The minimum atomic E-state index is -4.59. The maximum absolute atomic E-state index is 10.9. The molecule has 0 spiro atoms. The first-order valence-electron chi connectivity index (χ1n) is 6.76. The van der Waals surface area contributed by atoms with Crippen molar-refractivity contribution in [2.24, 2.45) is 0 Å². The summed E-state index contributed by atoms with van der Waals surface area (Å²) in [7, 11) is -9.17. The molecule has 0 aliphatic heterocycles. The summed E-state index contributed by atoms with van der Waals surface area (Å²) in [5.41, 5.74) is 0. The number of hydrogen-bond acceptors (Lipinski definition) is 9. The van der Waals surface area contributed by atoms with Gasteiger partial charge in [0.05, 0.1) is 13.2 Å². The van der Waals surface area contributed by atoms with E-state index in [2.05, 4.69) is 13.2 Å². The Labute approximate surface area is 146 Å². The number of aliphatic hydroxyl groups is 2. The van der Waals surface area contributed by atoms with E-state index >= 15 is 0 Å². The summed E-state index contributed by atoms with van der Waals surface area (Å²) in [6.07, 6.45) is -4.78. The van der Waals surface area contributed by atoms with Crippen LogP contribution >= 0.6 is 0 Å². The highest BCUT2D eigenvalue weighted by atomic mass is 32.2. The second-order valence-corrected chi connectivity index (χ2v) is 7.74. The van der Waals surface area contributed by atoms with Gasteiger partial charge in [0.2, 0.25) is 0 Å². The van der Waals surface area contributed by atoms with Gasteiger partial charge in [-0.1, -0.05) is 12.2 Å². The van der Waals surface area contributed by atoms with Gasteiger partial charge < -0.3 is 24.4 Å². The highest BCUT2D eigenvalue weighted by Gasteiger charge is 2.33. The largest absolute Gasteiger partial charge is 0.387 e. The predicted octanol–water partition coefficient (Wildman–Crippen LogP) is -1.44. The highest BCUT2D eigenvalue weighted by Crippen LogP contribution is 2.13. The van der Waals surface area contributed by atoms with Crippen molar-refractivity contribution in [3.63, 3.8) is 0 Å². The number of rotatable bonds is 14. The van der Waals surface area contributed by atoms with Crippen LogP contribution < -0.4 is 0 Å². The molecule has 0 radical (unpaired) electrons. The molecule has 0 rings (SSSR count). The van der Waals surface area contributed by atoms with E-state index < -0.39 is 56.5 Å². The second kappa shape index (κ2) is 10.9. The Morgan fingerprint density at radius 3 is 1.36 bits per heavy atom. The van der Waals surface area contributed by atoms with Crippen molar-refractivity contribution in [1.29, 1.82) is 0 Å². The minimum Gasteiger partial charge on any atom is -0.387 e. The molecule has 11 nitrogen and oxygen atoms in total. The van der Waals surface area contributed by atoms with Gasteiger partial charge in [-0.15, -0.1) is 13.2 Å². The summed E-state index contributed by atoms with van der Waals surface area (Å²) >= 11 is 0. The Hall–Kier alpha value is -0.900. The quantitative estimate of drug-likeness (QED) is 0.151. The van der Waals surface area contributed by atoms with Crippen LogP contribution in [0, 0.1) is 0 Å². The van der Waals surface area contributed by atoms with Gasteiger partial charge in [0.25, 0.3) is 20.2 Å². The summed E-state index contributed by atoms with van der Waals surface area (Å²) in [6, 6.07) is 0. The molecule has 4 N–H and O–H groups in total. The molecule has 0 heterocycles. The molecule has 25 heavy (non-hydrogen) atoms. The van der Waals surface area contributed by atoms with E-state index in [1.165, 1.54) is 12.2 Å². The van der Waals surface area contributed by atoms with Gasteiger partial charge >= 0.3 is 0 Å². The van der Waals surface area contributed by atoms with Gasteiger partial charge in [-0.3, -0.25) is 9.11 Å². The standard InChI is InChI=1S/C12H22O11S2/c1-3-5-21-11(9(13)7-24(15,16)17)23-12(22-6-4-2)10(14)8-25(18,19)20/h3-4,9-14H,1-2,5-8H2,(H,15,16,17)(H,18,19,20). The zero-order chi connectivity index (χ0) is 19.7. The van der Waals surface area contributed by atoms with E-state index in [9.17, 15) is 27.0 Å². The van der Waals surface area contributed by atoms with E-state index in [4.69, 9.17) is 23.3 Å². The predicted molar refractivity (Wildman–Crippen MR) is 85.8 cm³/mol. The molecule has 4 unspecified atom stereocenters. The van der Waals surface area contributed by atoms with E-state index in [1.807, 2.05) is 0 Å². The molecule has 0 aromatic rings. The Bertz CT molecular complexity index is 559. The van der Waals surface area contributed by atoms with Crippen molar-refractivity contribution in [1.82, 2.24) is 0 Å². The maximum Gasteiger partial charge on any atom is 0.267 e. The smallest absolute Gasteiger partial charge is 0.267 e. The summed E-state index contributed by atoms with van der Waals surface area (Å²) < 4.78 is 76.0. The maximum atomic E-state index is 10.9. The Balaban J connectivity index is 5.26. The van der Waals surface area contributed by atoms with Gasteiger partial charge in [0, 0.05) is 0 Å². The van der Waals surface area contributed by atoms with Crippen LogP contribution in [0.5, 0.6) is 0 Å². The van der Waals surface area contributed by atoms with E-state index in [-0.39, 0.29) is 13.2 Å². The lowest BCUT2D eigenvalue weighted by atomic mass is 10.3. The van der Waals surface area contributed by atoms with E-state index in [1.54, 1.807) is 0 Å². The molecular weight excluding hydrogens is 384 g/mol. The molecule has 13 heteroatoms. The Morgan fingerprint density at radius 1 is 0.800 bits per heavy atom. The van der Waals surface area contributed by atoms with Crippen LogP contribution in [0.15, 0.2) is 25.3 Å². The molecule has 0 saturated carbocycles. The van der Waals surface area contributed by atoms with Crippen molar-refractivity contribution in [3.8, 4) is 0 Å². The van der Waals surface area contributed by atoms with Gasteiger partial charge in [-0.2, -0.15) is 16.8 Å². The minimum absolute atomic E-state index is 0.213. The molecule has 0 aromatic carbocycles. The molecule has 4 atom stereocenters. The third-order valence-corrected chi connectivity index (χ3v) is 3.94. The summed E-state index contributed by atoms with van der Waals surface area (Å²) in [5, 5.41) is 19.6. The van der Waals surface area contributed by atoms with Gasteiger partial charge in [0.1, 0.15) is 23.7 Å². The van der Waals surface area contributed by atoms with Crippen LogP contribution in [0.4, 0.5) is 0 Å². The molecule has 0 saturated heterocycles. The van der Waals surface area contributed by atoms with Gasteiger partial charge in [-0.25, -0.2) is 0 Å². The SMILES string of the molecule is C=CCOC(OC(OCC=C)C(O)CS(=O)(=O)O)C(O)CS(=O)(=O)O. The molecule has 148 valence electrons. The summed E-state index contributed by atoms with van der Waals surface area (Å²) in [4.78, 5) is 0. The first-order chi connectivity index (χ1) is 11.4. The van der Waals surface area contributed by atoms with Crippen molar-refractivity contribution in [2.45, 2.75) is 24.8 Å². The summed E-state index contributed by atoms with van der Waals surface area (Å²) in [5.74, 6) is -2.31. The molecule has 0 aromatic heterocycles. The van der Waals surface area contributed by atoms with Crippen LogP contribution in [0.25, 0.3) is 0 Å². The molecule has 0 bridgehead atoms. The zero-order valence-corrected chi connectivity index (χ0v) is 14.8. The van der Waals surface area contributed by atoms with Crippen LogP contribution in [0.3, 0.4) is 0 Å². The lowest BCUT2D eigenvalue weighted by Crippen LogP contribution is -2.45. The Kier molecular flexibility index (Phi) is 10.6. The average molecular weight is 406 g/mol. The van der Waals surface area contributed by atoms with E-state index in [0.29, 0.717) is 0 Å². The zero-order valence-electron chi connectivity index (χ0n) is 13.2. The molecular formula is C12H22O11S2. The van der Waals surface area contributed by atoms with Crippen LogP contribution in [0.2, 0.25) is 0 Å². The second-order valence-electron chi connectivity index (χ2n) is 4.75. The lowest BCUT2D eigenvalue weighted by molar-refractivity contribution is -0.285. The molecule has 0 aliphatic rings. The summed E-state index contributed by atoms with van der Waals surface area (Å²) in [6.45, 7) is 6.26. The van der Waals surface area contributed by atoms with Gasteiger partial charge in [0.15, 0.2) is 12.6 Å². The Morgan fingerprint density at radius 2 is 1.12 bits per heavy atom. The first kappa shape index (κ1) is 24.1. The van der Waals surface area contributed by atoms with Crippen molar-refractivity contribution >= 4 is 20.2 Å². The van der Waals surface area contributed by atoms with Crippen molar-refractivity contribution in [2.75, 3.05) is 24.7 Å². The molecule has 0 aliphatic carbocycles. The monoisotopic (exact) mass is 406 g/mol. The topological polar surface area (TPSA) is 177 Å². The third-order valence-electron chi connectivity index (χ3n) is 2.42. The number of aliphatic hydroxyl groups excluding tert-OH is 2. The average Bonchev–Trinajstić information content (AvgIpc) is 2.42. The number of ether oxygens (including phenoxy) is 3. The fraction of sp³-hybridized carbons (Fsp3) is 0.667. The fourth-order valence-electron chi connectivity index (χ4n) is 1.53.